The Morgan fingerprint density at radius 3 is 2.36 bits per heavy atom. The van der Waals surface area contributed by atoms with Gasteiger partial charge in [-0.1, -0.05) is 31.2 Å². The van der Waals surface area contributed by atoms with Crippen LogP contribution in [0.5, 0.6) is 0 Å². The average molecular weight is 377 g/mol. The summed E-state index contributed by atoms with van der Waals surface area (Å²) in [6, 6.07) is 13.6. The summed E-state index contributed by atoms with van der Waals surface area (Å²) >= 11 is 0. The van der Waals surface area contributed by atoms with E-state index in [4.69, 9.17) is 0 Å². The zero-order valence-electron chi connectivity index (χ0n) is 16.6. The topological polar surface area (TPSA) is 46.1 Å². The highest BCUT2D eigenvalue weighted by Crippen LogP contribution is 2.24. The molecule has 0 bridgehead atoms. The van der Waals surface area contributed by atoms with Crippen LogP contribution >= 0.6 is 0 Å². The van der Waals surface area contributed by atoms with Crippen LogP contribution in [0.4, 0.5) is 4.39 Å². The summed E-state index contributed by atoms with van der Waals surface area (Å²) in [5.41, 5.74) is 4.43. The van der Waals surface area contributed by atoms with Gasteiger partial charge in [-0.15, -0.1) is 0 Å². The van der Waals surface area contributed by atoms with E-state index < -0.39 is 0 Å². The number of amides is 1. The summed E-state index contributed by atoms with van der Waals surface area (Å²) in [7, 11) is 1.76. The van der Waals surface area contributed by atoms with Crippen molar-refractivity contribution in [3.05, 3.63) is 83.1 Å². The third-order valence-corrected chi connectivity index (χ3v) is 5.02. The Balaban J connectivity index is 1.82. The molecule has 0 aliphatic heterocycles. The number of benzene rings is 2. The predicted octanol–water partition coefficient (Wildman–Crippen LogP) is 4.99. The second kappa shape index (κ2) is 8.30. The number of carbonyl (C=O) groups is 1. The monoisotopic (exact) mass is 377 g/mol. The van der Waals surface area contributed by atoms with Crippen LogP contribution in [0, 0.1) is 12.7 Å². The molecule has 0 N–H and O–H groups in total. The summed E-state index contributed by atoms with van der Waals surface area (Å²) in [6.07, 6.45) is 2.70. The molecule has 0 spiro atoms. The van der Waals surface area contributed by atoms with Gasteiger partial charge in [0.15, 0.2) is 0 Å². The van der Waals surface area contributed by atoms with Crippen molar-refractivity contribution < 1.29 is 9.18 Å². The smallest absolute Gasteiger partial charge is 0.254 e. The van der Waals surface area contributed by atoms with Gasteiger partial charge in [0.2, 0.25) is 0 Å². The molecule has 2 aromatic carbocycles. The van der Waals surface area contributed by atoms with Gasteiger partial charge in [-0.25, -0.2) is 14.4 Å². The van der Waals surface area contributed by atoms with E-state index in [1.165, 1.54) is 12.1 Å². The van der Waals surface area contributed by atoms with Gasteiger partial charge < -0.3 is 4.90 Å². The van der Waals surface area contributed by atoms with Gasteiger partial charge in [-0.3, -0.25) is 4.79 Å². The Morgan fingerprint density at radius 1 is 1.11 bits per heavy atom. The summed E-state index contributed by atoms with van der Waals surface area (Å²) in [4.78, 5) is 23.4. The molecule has 3 rings (SSSR count). The number of aryl methyl sites for hydroxylation is 2. The van der Waals surface area contributed by atoms with Crippen molar-refractivity contribution in [3.8, 4) is 11.3 Å². The van der Waals surface area contributed by atoms with Gasteiger partial charge in [0.05, 0.1) is 11.7 Å². The molecule has 0 aliphatic carbocycles. The lowest BCUT2D eigenvalue weighted by molar-refractivity contribution is 0.0742. The molecule has 144 valence electrons. The Bertz CT molecular complexity index is 968. The fraction of sp³-hybridized carbons (Fsp3) is 0.261. The summed E-state index contributed by atoms with van der Waals surface area (Å²) in [6.45, 7) is 5.87. The molecule has 0 radical (unpaired) electrons. The maximum atomic E-state index is 13.1. The number of rotatable bonds is 5. The zero-order chi connectivity index (χ0) is 20.3. The minimum atomic E-state index is -0.285. The van der Waals surface area contributed by atoms with Crippen LogP contribution in [0.25, 0.3) is 11.3 Å². The summed E-state index contributed by atoms with van der Waals surface area (Å²) < 4.78 is 13.1. The SMILES string of the molecule is CCc1cnc(C)nc1-c1ccc(C(=O)N(C)[C@@H](C)c2ccc(F)cc2)cc1. The van der Waals surface area contributed by atoms with Gasteiger partial charge in [0.25, 0.3) is 5.91 Å². The van der Waals surface area contributed by atoms with E-state index >= 15 is 0 Å². The Morgan fingerprint density at radius 2 is 1.75 bits per heavy atom. The molecule has 5 heteroatoms. The maximum absolute atomic E-state index is 13.1. The highest BCUT2D eigenvalue weighted by atomic mass is 19.1. The van der Waals surface area contributed by atoms with E-state index in [9.17, 15) is 9.18 Å². The molecule has 4 nitrogen and oxygen atoms in total. The molecule has 1 atom stereocenters. The lowest BCUT2D eigenvalue weighted by Gasteiger charge is -2.25. The molecular weight excluding hydrogens is 353 g/mol. The van der Waals surface area contributed by atoms with Crippen molar-refractivity contribution in [2.45, 2.75) is 33.2 Å². The maximum Gasteiger partial charge on any atom is 0.254 e. The molecular formula is C23H24FN3O. The van der Waals surface area contributed by atoms with Gasteiger partial charge >= 0.3 is 0 Å². The predicted molar refractivity (Wildman–Crippen MR) is 108 cm³/mol. The van der Waals surface area contributed by atoms with E-state index in [-0.39, 0.29) is 17.8 Å². The molecule has 0 unspecified atom stereocenters. The number of carbonyl (C=O) groups excluding carboxylic acids is 1. The van der Waals surface area contributed by atoms with Crippen molar-refractivity contribution in [2.24, 2.45) is 0 Å². The van der Waals surface area contributed by atoms with Crippen LogP contribution in [-0.4, -0.2) is 27.8 Å². The van der Waals surface area contributed by atoms with Crippen LogP contribution < -0.4 is 0 Å². The largest absolute Gasteiger partial charge is 0.335 e. The first-order valence-corrected chi connectivity index (χ1v) is 9.36. The second-order valence-electron chi connectivity index (χ2n) is 6.87. The van der Waals surface area contributed by atoms with Crippen molar-refractivity contribution in [2.75, 3.05) is 7.05 Å². The number of aromatic nitrogens is 2. The first-order chi connectivity index (χ1) is 13.4. The van der Waals surface area contributed by atoms with Crippen molar-refractivity contribution in [1.82, 2.24) is 14.9 Å². The van der Waals surface area contributed by atoms with E-state index in [0.29, 0.717) is 5.56 Å². The highest BCUT2D eigenvalue weighted by Gasteiger charge is 2.19. The molecule has 1 amide bonds. The van der Waals surface area contributed by atoms with Gasteiger partial charge in [0.1, 0.15) is 11.6 Å². The minimum Gasteiger partial charge on any atom is -0.335 e. The van der Waals surface area contributed by atoms with E-state index in [2.05, 4.69) is 16.9 Å². The molecule has 0 saturated heterocycles. The molecule has 1 heterocycles. The van der Waals surface area contributed by atoms with Crippen LogP contribution in [0.2, 0.25) is 0 Å². The third-order valence-electron chi connectivity index (χ3n) is 5.02. The highest BCUT2D eigenvalue weighted by molar-refractivity contribution is 5.94. The summed E-state index contributed by atoms with van der Waals surface area (Å²) in [5, 5.41) is 0. The quantitative estimate of drug-likeness (QED) is 0.629. The van der Waals surface area contributed by atoms with Crippen molar-refractivity contribution in [1.29, 1.82) is 0 Å². The zero-order valence-corrected chi connectivity index (χ0v) is 16.6. The minimum absolute atomic E-state index is 0.0852. The van der Waals surface area contributed by atoms with E-state index in [0.717, 1.165) is 34.6 Å². The van der Waals surface area contributed by atoms with E-state index in [1.807, 2.05) is 44.3 Å². The first-order valence-electron chi connectivity index (χ1n) is 9.36. The Labute approximate surface area is 165 Å². The first kappa shape index (κ1) is 19.7. The molecule has 0 fully saturated rings. The third kappa shape index (κ3) is 4.09. The van der Waals surface area contributed by atoms with Crippen LogP contribution in [0.15, 0.2) is 54.7 Å². The normalized spacial score (nSPS) is 11.9. The lowest BCUT2D eigenvalue weighted by Crippen LogP contribution is -2.29. The standard InChI is InChI=1S/C23H24FN3O/c1-5-17-14-25-16(3)26-22(17)19-6-8-20(9-7-19)23(28)27(4)15(2)18-10-12-21(24)13-11-18/h6-15H,5H2,1-4H3/t15-/m0/s1. The van der Waals surface area contributed by atoms with Crippen molar-refractivity contribution >= 4 is 5.91 Å². The van der Waals surface area contributed by atoms with E-state index in [1.54, 1.807) is 24.1 Å². The Hall–Kier alpha value is -3.08. The molecule has 1 aromatic heterocycles. The number of hydrogen-bond acceptors (Lipinski definition) is 3. The van der Waals surface area contributed by atoms with Crippen LogP contribution in [-0.2, 0) is 6.42 Å². The van der Waals surface area contributed by atoms with Gasteiger partial charge in [-0.05, 0) is 55.7 Å². The number of nitrogens with zero attached hydrogens (tertiary/aromatic N) is 3. The molecule has 28 heavy (non-hydrogen) atoms. The fourth-order valence-corrected chi connectivity index (χ4v) is 3.12. The van der Waals surface area contributed by atoms with Crippen LogP contribution in [0.1, 0.15) is 47.2 Å². The number of halogens is 1. The Kier molecular flexibility index (Phi) is 5.83. The van der Waals surface area contributed by atoms with Crippen LogP contribution in [0.3, 0.4) is 0 Å². The lowest BCUT2D eigenvalue weighted by atomic mass is 10.0. The summed E-state index contributed by atoms with van der Waals surface area (Å²) in [5.74, 6) is 0.352. The average Bonchev–Trinajstić information content (AvgIpc) is 2.73. The van der Waals surface area contributed by atoms with Gasteiger partial charge in [0, 0.05) is 24.4 Å². The molecule has 3 aromatic rings. The van der Waals surface area contributed by atoms with Gasteiger partial charge in [-0.2, -0.15) is 0 Å². The second-order valence-corrected chi connectivity index (χ2v) is 6.87. The number of hydrogen-bond donors (Lipinski definition) is 0. The van der Waals surface area contributed by atoms with Crippen molar-refractivity contribution in [3.63, 3.8) is 0 Å². The molecule has 0 saturated carbocycles. The molecule has 0 aliphatic rings. The fourth-order valence-electron chi connectivity index (χ4n) is 3.12.